The Morgan fingerprint density at radius 2 is 2.29 bits per heavy atom. The maximum absolute atomic E-state index is 5.74. The third-order valence-electron chi connectivity index (χ3n) is 2.90. The molecule has 0 aromatic carbocycles. The monoisotopic (exact) mass is 219 g/mol. The third kappa shape index (κ3) is 4.16. The molecule has 14 heavy (non-hydrogen) atoms. The van der Waals surface area contributed by atoms with Crippen molar-refractivity contribution >= 4 is 11.6 Å². The van der Waals surface area contributed by atoms with E-state index in [1.165, 1.54) is 12.8 Å². The fourth-order valence-electron chi connectivity index (χ4n) is 1.92. The second-order valence-electron chi connectivity index (χ2n) is 4.14. The van der Waals surface area contributed by atoms with Gasteiger partial charge in [0.2, 0.25) is 0 Å². The first kappa shape index (κ1) is 12.3. The van der Waals surface area contributed by atoms with Crippen LogP contribution in [0.25, 0.3) is 0 Å². The Morgan fingerprint density at radius 1 is 1.50 bits per heavy atom. The average molecular weight is 220 g/mol. The summed E-state index contributed by atoms with van der Waals surface area (Å²) in [6.07, 6.45) is 5.49. The molecule has 1 aliphatic heterocycles. The van der Waals surface area contributed by atoms with E-state index in [4.69, 9.17) is 16.3 Å². The molecule has 0 aliphatic carbocycles. The molecule has 1 N–H and O–H groups in total. The molecule has 0 aromatic rings. The summed E-state index contributed by atoms with van der Waals surface area (Å²) >= 11 is 5.72. The highest BCUT2D eigenvalue weighted by molar-refractivity contribution is 6.17. The molecule has 1 rings (SSSR count). The summed E-state index contributed by atoms with van der Waals surface area (Å²) in [5.74, 6) is 0.743. The maximum atomic E-state index is 5.74. The summed E-state index contributed by atoms with van der Waals surface area (Å²) in [4.78, 5) is 0. The number of nitrogens with one attached hydrogen (secondary N) is 1. The molecule has 84 valence electrons. The van der Waals surface area contributed by atoms with Crippen LogP contribution < -0.4 is 5.32 Å². The molecule has 3 atom stereocenters. The Bertz CT molecular complexity index is 150. The summed E-state index contributed by atoms with van der Waals surface area (Å²) in [5, 5.41) is 3.52. The highest BCUT2D eigenvalue weighted by atomic mass is 35.5. The molecule has 0 amide bonds. The predicted molar refractivity (Wildman–Crippen MR) is 61.0 cm³/mol. The van der Waals surface area contributed by atoms with Gasteiger partial charge in [0.25, 0.3) is 0 Å². The van der Waals surface area contributed by atoms with Crippen LogP contribution in [-0.4, -0.2) is 30.7 Å². The Balaban J connectivity index is 2.12. The molecule has 3 unspecified atom stereocenters. The zero-order valence-corrected chi connectivity index (χ0v) is 10.0. The van der Waals surface area contributed by atoms with E-state index in [1.807, 2.05) is 0 Å². The molecule has 1 saturated heterocycles. The lowest BCUT2D eigenvalue weighted by molar-refractivity contribution is 0.0542. The van der Waals surface area contributed by atoms with Gasteiger partial charge in [-0.2, -0.15) is 0 Å². The van der Waals surface area contributed by atoms with Crippen LogP contribution in [0.1, 0.15) is 39.5 Å². The Kier molecular flexibility index (Phi) is 5.83. The molecule has 1 aliphatic rings. The SMILES string of the molecule is CCC(CCCl)NCC1CCC(C)O1. The largest absolute Gasteiger partial charge is 0.374 e. The zero-order chi connectivity index (χ0) is 10.4. The van der Waals surface area contributed by atoms with Crippen molar-refractivity contribution in [3.63, 3.8) is 0 Å². The minimum atomic E-state index is 0.425. The molecule has 1 fully saturated rings. The number of ether oxygens (including phenoxy) is 1. The van der Waals surface area contributed by atoms with Gasteiger partial charge in [-0.15, -0.1) is 11.6 Å². The van der Waals surface area contributed by atoms with E-state index in [0.29, 0.717) is 18.2 Å². The molecule has 0 radical (unpaired) electrons. The van der Waals surface area contributed by atoms with Gasteiger partial charge in [-0.05, 0) is 32.6 Å². The topological polar surface area (TPSA) is 21.3 Å². The van der Waals surface area contributed by atoms with Crippen molar-refractivity contribution in [3.8, 4) is 0 Å². The lowest BCUT2D eigenvalue weighted by Crippen LogP contribution is -2.35. The van der Waals surface area contributed by atoms with Gasteiger partial charge >= 0.3 is 0 Å². The summed E-state index contributed by atoms with van der Waals surface area (Å²) < 4.78 is 5.74. The van der Waals surface area contributed by atoms with Crippen molar-refractivity contribution < 1.29 is 4.74 Å². The molecule has 0 bridgehead atoms. The first-order chi connectivity index (χ1) is 6.76. The van der Waals surface area contributed by atoms with Gasteiger partial charge < -0.3 is 10.1 Å². The zero-order valence-electron chi connectivity index (χ0n) is 9.26. The van der Waals surface area contributed by atoms with Crippen molar-refractivity contribution in [1.82, 2.24) is 5.32 Å². The Labute approximate surface area is 92.3 Å². The van der Waals surface area contributed by atoms with Crippen LogP contribution in [0, 0.1) is 0 Å². The van der Waals surface area contributed by atoms with Crippen LogP contribution in [0.2, 0.25) is 0 Å². The van der Waals surface area contributed by atoms with Crippen LogP contribution >= 0.6 is 11.6 Å². The van der Waals surface area contributed by atoms with E-state index in [0.717, 1.165) is 25.3 Å². The number of halogens is 1. The smallest absolute Gasteiger partial charge is 0.0704 e. The normalized spacial score (nSPS) is 29.4. The highest BCUT2D eigenvalue weighted by Gasteiger charge is 2.21. The molecular weight excluding hydrogens is 198 g/mol. The number of alkyl halides is 1. The molecule has 0 spiro atoms. The van der Waals surface area contributed by atoms with E-state index in [2.05, 4.69) is 19.2 Å². The summed E-state index contributed by atoms with van der Waals surface area (Å²) in [6, 6.07) is 0.562. The van der Waals surface area contributed by atoms with Crippen LogP contribution in [-0.2, 0) is 4.74 Å². The minimum absolute atomic E-state index is 0.425. The maximum Gasteiger partial charge on any atom is 0.0704 e. The van der Waals surface area contributed by atoms with Crippen LogP contribution in [0.15, 0.2) is 0 Å². The molecule has 3 heteroatoms. The van der Waals surface area contributed by atoms with E-state index < -0.39 is 0 Å². The van der Waals surface area contributed by atoms with E-state index in [1.54, 1.807) is 0 Å². The molecule has 0 aromatic heterocycles. The lowest BCUT2D eigenvalue weighted by atomic mass is 10.1. The van der Waals surface area contributed by atoms with Crippen molar-refractivity contribution in [2.45, 2.75) is 57.8 Å². The van der Waals surface area contributed by atoms with Gasteiger partial charge in [-0.25, -0.2) is 0 Å². The van der Waals surface area contributed by atoms with Crippen LogP contribution in [0.5, 0.6) is 0 Å². The van der Waals surface area contributed by atoms with Crippen molar-refractivity contribution in [2.24, 2.45) is 0 Å². The summed E-state index contributed by atoms with van der Waals surface area (Å²) in [7, 11) is 0. The predicted octanol–water partition coefficient (Wildman–Crippen LogP) is 2.55. The Hall–Kier alpha value is 0.210. The minimum Gasteiger partial charge on any atom is -0.374 e. The molecular formula is C11H22ClNO. The fourth-order valence-corrected chi connectivity index (χ4v) is 2.18. The first-order valence-electron chi connectivity index (χ1n) is 5.71. The summed E-state index contributed by atoms with van der Waals surface area (Å²) in [6.45, 7) is 5.33. The molecule has 2 nitrogen and oxygen atoms in total. The van der Waals surface area contributed by atoms with Crippen molar-refractivity contribution in [3.05, 3.63) is 0 Å². The van der Waals surface area contributed by atoms with E-state index >= 15 is 0 Å². The van der Waals surface area contributed by atoms with Gasteiger partial charge in [-0.3, -0.25) is 0 Å². The second kappa shape index (κ2) is 6.65. The number of hydrogen-bond donors (Lipinski definition) is 1. The molecule has 1 heterocycles. The van der Waals surface area contributed by atoms with Crippen molar-refractivity contribution in [2.75, 3.05) is 12.4 Å². The lowest BCUT2D eigenvalue weighted by Gasteiger charge is -2.18. The average Bonchev–Trinajstić information content (AvgIpc) is 2.59. The van der Waals surface area contributed by atoms with Crippen molar-refractivity contribution in [1.29, 1.82) is 0 Å². The van der Waals surface area contributed by atoms with Gasteiger partial charge in [0.05, 0.1) is 12.2 Å². The second-order valence-corrected chi connectivity index (χ2v) is 4.52. The third-order valence-corrected chi connectivity index (χ3v) is 3.12. The van der Waals surface area contributed by atoms with E-state index in [9.17, 15) is 0 Å². The van der Waals surface area contributed by atoms with Gasteiger partial charge in [-0.1, -0.05) is 6.92 Å². The van der Waals surface area contributed by atoms with Gasteiger partial charge in [0.15, 0.2) is 0 Å². The van der Waals surface area contributed by atoms with Gasteiger partial charge in [0, 0.05) is 18.5 Å². The first-order valence-corrected chi connectivity index (χ1v) is 6.24. The van der Waals surface area contributed by atoms with Crippen LogP contribution in [0.4, 0.5) is 0 Å². The van der Waals surface area contributed by atoms with Crippen LogP contribution in [0.3, 0.4) is 0 Å². The summed E-state index contributed by atoms with van der Waals surface area (Å²) in [5.41, 5.74) is 0. The quantitative estimate of drug-likeness (QED) is 0.694. The fraction of sp³-hybridized carbons (Fsp3) is 1.00. The standard InChI is InChI=1S/C11H22ClNO/c1-3-10(6-7-12)13-8-11-5-4-9(2)14-11/h9-11,13H,3-8H2,1-2H3. The van der Waals surface area contributed by atoms with Gasteiger partial charge in [0.1, 0.15) is 0 Å². The number of hydrogen-bond acceptors (Lipinski definition) is 2. The highest BCUT2D eigenvalue weighted by Crippen LogP contribution is 2.18. The van der Waals surface area contributed by atoms with E-state index in [-0.39, 0.29) is 0 Å². The molecule has 0 saturated carbocycles. The number of rotatable bonds is 6. The Morgan fingerprint density at radius 3 is 2.79 bits per heavy atom.